The molecule has 9 atom stereocenters. The van der Waals surface area contributed by atoms with E-state index in [4.69, 9.17) is 32.7 Å². The van der Waals surface area contributed by atoms with Crippen molar-refractivity contribution in [2.24, 2.45) is 5.92 Å². The number of benzene rings is 1. The molecule has 454 valence electrons. The minimum atomic E-state index is -2.97. The van der Waals surface area contributed by atoms with E-state index in [1.807, 2.05) is 0 Å². The number of imidazole rings is 1. The van der Waals surface area contributed by atoms with Crippen molar-refractivity contribution in [3.05, 3.63) is 83.3 Å². The second kappa shape index (κ2) is 29.3. The zero-order chi connectivity index (χ0) is 60.9. The smallest absolute Gasteiger partial charge is 0.445 e. The highest BCUT2D eigenvalue weighted by Gasteiger charge is 2.46. The van der Waals surface area contributed by atoms with Crippen LogP contribution in [0.5, 0.6) is 0 Å². The first-order chi connectivity index (χ1) is 40.7. The Bertz CT molecular complexity index is 3380. The fraction of sp³-hybridized carbons (Fsp3) is 0.500. The number of aromatic amines is 1. The van der Waals surface area contributed by atoms with Crippen LogP contribution in [0.4, 0.5) is 20.7 Å². The minimum absolute atomic E-state index is 0.00810. The number of unbranched alkanes of at least 4 members (excludes halogenated alkanes) is 2. The summed E-state index contributed by atoms with van der Waals surface area (Å²) < 4.78 is 75.8. The third kappa shape index (κ3) is 16.7. The summed E-state index contributed by atoms with van der Waals surface area (Å²) in [6.45, 7) is 4.90. The van der Waals surface area contributed by atoms with Gasteiger partial charge in [0.2, 0.25) is 23.6 Å². The molecule has 3 aliphatic rings. The molecule has 2 fully saturated rings. The number of aromatic nitrogens is 7. The first-order valence-corrected chi connectivity index (χ1v) is 29.4. The van der Waals surface area contributed by atoms with Gasteiger partial charge < -0.3 is 49.9 Å². The van der Waals surface area contributed by atoms with Gasteiger partial charge in [-0.25, -0.2) is 29.1 Å². The lowest BCUT2D eigenvalue weighted by atomic mass is 10.0. The van der Waals surface area contributed by atoms with E-state index in [1.165, 1.54) is 48.2 Å². The Morgan fingerprint density at radius 1 is 0.847 bits per heavy atom. The van der Waals surface area contributed by atoms with Crippen LogP contribution in [0.15, 0.2) is 66.4 Å². The van der Waals surface area contributed by atoms with Gasteiger partial charge in [0.1, 0.15) is 49.8 Å². The van der Waals surface area contributed by atoms with E-state index in [2.05, 4.69) is 46.2 Å². The third-order valence-electron chi connectivity index (χ3n) is 14.0. The van der Waals surface area contributed by atoms with Crippen LogP contribution >= 0.6 is 16.5 Å². The Balaban J connectivity index is 0.717. The van der Waals surface area contributed by atoms with E-state index in [-0.39, 0.29) is 105 Å². The van der Waals surface area contributed by atoms with Crippen molar-refractivity contribution in [3.63, 3.8) is 0 Å². The molecule has 1 aromatic carbocycles. The third-order valence-corrected chi connectivity index (χ3v) is 15.1. The molecule has 0 bridgehead atoms. The van der Waals surface area contributed by atoms with Gasteiger partial charge in [-0.05, 0) is 62.6 Å². The van der Waals surface area contributed by atoms with Gasteiger partial charge in [0.15, 0.2) is 40.8 Å². The monoisotopic (exact) mass is 1220 g/mol. The number of ether oxygens (including phenoxy) is 3. The average Bonchev–Trinajstić information content (AvgIpc) is 2.02. The molecule has 30 nitrogen and oxygen atoms in total. The number of amides is 7. The molecule has 7 amide bonds. The first kappa shape index (κ1) is 63.1. The summed E-state index contributed by atoms with van der Waals surface area (Å²) in [5, 5.41) is 10.5. The topological polar surface area (TPSA) is 378 Å². The molecule has 3 aliphatic heterocycles. The highest BCUT2D eigenvalue weighted by Crippen LogP contribution is 2.41. The number of nitrogens with one attached hydrogen (secondary N) is 5. The maximum Gasteiger partial charge on any atom is 0.697 e. The maximum absolute atomic E-state index is 14.9. The molecule has 6 N–H and O–H groups in total. The second-order valence-corrected chi connectivity index (χ2v) is 22.2. The molecule has 0 saturated carbocycles. The van der Waals surface area contributed by atoms with Crippen LogP contribution in [0.25, 0.3) is 22.2 Å². The number of carbonyl (C=O) groups excluding carboxylic acids is 7. The van der Waals surface area contributed by atoms with Gasteiger partial charge in [-0.15, -0.1) is 18.5 Å². The Kier molecular flexibility index (Phi) is 21.7. The lowest BCUT2D eigenvalue weighted by molar-refractivity contribution is -0.137. The molecule has 4 aromatic heterocycles. The normalized spacial score (nSPS) is 19.6. The zero-order valence-corrected chi connectivity index (χ0v) is 48.4. The molecule has 8 rings (SSSR count). The van der Waals surface area contributed by atoms with E-state index < -0.39 is 94.6 Å². The highest BCUT2D eigenvalue weighted by molar-refractivity contribution is 7.33. The van der Waals surface area contributed by atoms with Gasteiger partial charge in [-0.2, -0.15) is 0 Å². The number of H-pyrrole nitrogens is 1. The van der Waals surface area contributed by atoms with Crippen LogP contribution in [0.3, 0.4) is 0 Å². The Morgan fingerprint density at radius 2 is 1.59 bits per heavy atom. The fourth-order valence-corrected chi connectivity index (χ4v) is 10.5. The molecule has 85 heavy (non-hydrogen) atoms. The molecule has 5 aromatic rings. The second-order valence-electron chi connectivity index (χ2n) is 20.5. The fourth-order valence-electron chi connectivity index (χ4n) is 9.49. The first-order valence-electron chi connectivity index (χ1n) is 27.2. The van der Waals surface area contributed by atoms with Crippen molar-refractivity contribution in [1.82, 2.24) is 54.5 Å². The van der Waals surface area contributed by atoms with E-state index >= 15 is 0 Å². The van der Waals surface area contributed by atoms with Gasteiger partial charge in [-0.1, -0.05) is 32.4 Å². The number of hydrogen-bond acceptors (Lipinski definition) is 20. The van der Waals surface area contributed by atoms with Gasteiger partial charge in [0, 0.05) is 72.6 Å². The van der Waals surface area contributed by atoms with Crippen LogP contribution in [-0.2, 0) is 72.3 Å². The number of rotatable bonds is 29. The van der Waals surface area contributed by atoms with Gasteiger partial charge >= 0.3 is 22.6 Å². The molecule has 7 heterocycles. The molecular weight excluding hydrogens is 1160 g/mol. The number of hydrogen-bond donors (Lipinski definition) is 6. The van der Waals surface area contributed by atoms with Crippen LogP contribution in [0, 0.1) is 11.7 Å². The quantitative estimate of drug-likeness (QED) is 0.0219. The number of imide groups is 1. The largest absolute Gasteiger partial charge is 0.697 e. The Labute approximate surface area is 485 Å². The Hall–Kier alpha value is -7.89. The summed E-state index contributed by atoms with van der Waals surface area (Å²) in [7, 11) is -4.27. The Morgan fingerprint density at radius 3 is 2.33 bits per heavy atom. The lowest BCUT2D eigenvalue weighted by Gasteiger charge is -2.24. The summed E-state index contributed by atoms with van der Waals surface area (Å²) in [6.07, 6.45) is 5.41. The molecule has 0 spiro atoms. The SMILES string of the molecule is CC(C)[C@H](NC(=O)CCCCCN1C(=O)C=CC1=O)C(=O)N[C@@H](C)C(=O)Nc1ccc(COC(=O)N(C)CCCC(=O)Nc2ncnc3c2ncn3[C@H]2CC[C@@H](CO[P+](=O)OC3C[C@@H](CO[P+](=O)O)O[C@H]3n3cc(F)c4c(=O)[nH]cnc43)O2)cc1. The minimum Gasteiger partial charge on any atom is -0.445 e. The average molecular weight is 1220 g/mol. The predicted molar refractivity (Wildman–Crippen MR) is 296 cm³/mol. The number of anilines is 2. The molecule has 0 aliphatic carbocycles. The summed E-state index contributed by atoms with van der Waals surface area (Å²) in [5.74, 6) is -3.51. The number of carbonyl (C=O) groups is 7. The van der Waals surface area contributed by atoms with Crippen molar-refractivity contribution in [2.75, 3.05) is 44.0 Å². The van der Waals surface area contributed by atoms with E-state index in [0.29, 0.717) is 49.0 Å². The summed E-state index contributed by atoms with van der Waals surface area (Å²) in [5.41, 5.74) is 0.881. The molecule has 2 saturated heterocycles. The molecule has 3 unspecified atom stereocenters. The van der Waals surface area contributed by atoms with E-state index in [9.17, 15) is 51.9 Å². The number of fused-ring (bicyclic) bond motifs is 2. The molecular formula is C52H64FN13O17P2+2. The molecule has 0 radical (unpaired) electrons. The summed E-state index contributed by atoms with van der Waals surface area (Å²) in [4.78, 5) is 132. The van der Waals surface area contributed by atoms with Gasteiger partial charge in [-0.3, -0.25) is 43.0 Å². The van der Waals surface area contributed by atoms with Crippen LogP contribution in [0.1, 0.15) is 96.6 Å². The van der Waals surface area contributed by atoms with Crippen LogP contribution < -0.4 is 26.8 Å². The van der Waals surface area contributed by atoms with Crippen molar-refractivity contribution in [2.45, 2.75) is 128 Å². The standard InChI is InChI=1S/C52H62FN13O17P2/c1-29(2)43(61-37(67)9-6-5-7-20-64-39(69)16-17-40(64)70)50(73)59-30(3)48(71)60-32-13-11-31(12-14-32)23-78-52(74)63(4)19-8-10-38(68)62-45-44-47(56-26-54-45)66(28-58-44)41-18-15-33(81-41)24-80-85(77)83-36-21-34(25-79-84(75)76)82-51(36)65-22-35(53)42-46(65)55-27-57-49(42)72/h11-14,16-17,22,26-30,33-34,36,41,43,51H,5-10,15,18-21,23-25H2,1-4H3,(H4-2,54,55,56,57,59,60,61,62,67,68,71,72,73,75,76)/p+2/t30-,33-,34-,36?,41+,43-,51+/m0/s1. The van der Waals surface area contributed by atoms with E-state index in [0.717, 1.165) is 17.4 Å². The van der Waals surface area contributed by atoms with Crippen molar-refractivity contribution in [1.29, 1.82) is 0 Å². The van der Waals surface area contributed by atoms with Crippen molar-refractivity contribution >= 4 is 91.7 Å². The summed E-state index contributed by atoms with van der Waals surface area (Å²) in [6, 6.07) is 4.67. The van der Waals surface area contributed by atoms with Gasteiger partial charge in [0.05, 0.1) is 24.9 Å². The lowest BCUT2D eigenvalue weighted by Crippen LogP contribution is -2.53. The highest BCUT2D eigenvalue weighted by atomic mass is 31.1. The zero-order valence-electron chi connectivity index (χ0n) is 46.6. The van der Waals surface area contributed by atoms with Gasteiger partial charge in [0.25, 0.3) is 17.4 Å². The summed E-state index contributed by atoms with van der Waals surface area (Å²) >= 11 is 0. The van der Waals surface area contributed by atoms with Crippen molar-refractivity contribution < 1.29 is 79.8 Å². The number of halogens is 1. The predicted octanol–water partition coefficient (Wildman–Crippen LogP) is 4.45. The van der Waals surface area contributed by atoms with Crippen LogP contribution in [0.2, 0.25) is 0 Å². The molecule has 33 heteroatoms. The van der Waals surface area contributed by atoms with E-state index in [1.54, 1.807) is 42.7 Å². The van der Waals surface area contributed by atoms with Crippen molar-refractivity contribution in [3.8, 4) is 0 Å². The number of nitrogens with zero attached hydrogens (tertiary/aromatic N) is 8. The maximum atomic E-state index is 14.9. The van der Waals surface area contributed by atoms with Crippen LogP contribution in [-0.4, -0.2) is 154 Å².